The van der Waals surface area contributed by atoms with E-state index < -0.39 is 18.4 Å². The molecule has 96 valence electrons. The molecule has 0 saturated carbocycles. The molecule has 0 spiro atoms. The number of aromatic hydroxyl groups is 1. The molecule has 0 radical (unpaired) electrons. The minimum absolute atomic E-state index is 0.0421. The molecule has 0 heterocycles. The number of nitrogens with one attached hydrogen (secondary N) is 1. The van der Waals surface area contributed by atoms with Gasteiger partial charge in [0.25, 0.3) is 0 Å². The highest BCUT2D eigenvalue weighted by Crippen LogP contribution is 2.21. The second kappa shape index (κ2) is 5.86. The van der Waals surface area contributed by atoms with Crippen molar-refractivity contribution < 1.29 is 22.7 Å². The van der Waals surface area contributed by atoms with Gasteiger partial charge in [-0.25, -0.2) is 4.39 Å². The van der Waals surface area contributed by atoms with E-state index in [1.54, 1.807) is 0 Å². The Hall–Kier alpha value is -1.30. The molecule has 0 amide bonds. The van der Waals surface area contributed by atoms with Crippen molar-refractivity contribution >= 4 is 0 Å². The van der Waals surface area contributed by atoms with Gasteiger partial charge in [-0.2, -0.15) is 13.2 Å². The van der Waals surface area contributed by atoms with Crippen LogP contribution in [0.2, 0.25) is 0 Å². The highest BCUT2D eigenvalue weighted by Gasteiger charge is 2.25. The fraction of sp³-hybridized carbons (Fsp3) is 0.455. The lowest BCUT2D eigenvalue weighted by Gasteiger charge is -2.08. The van der Waals surface area contributed by atoms with E-state index in [1.165, 1.54) is 6.07 Å². The lowest BCUT2D eigenvalue weighted by atomic mass is 10.2. The maximum Gasteiger partial charge on any atom is 0.389 e. The van der Waals surface area contributed by atoms with Crippen LogP contribution >= 0.6 is 0 Å². The van der Waals surface area contributed by atoms with E-state index in [0.29, 0.717) is 5.56 Å². The van der Waals surface area contributed by atoms with E-state index in [-0.39, 0.29) is 25.3 Å². The number of rotatable bonds is 5. The average molecular weight is 251 g/mol. The predicted molar refractivity (Wildman–Crippen MR) is 55.1 cm³/mol. The lowest BCUT2D eigenvalue weighted by Crippen LogP contribution is -2.17. The summed E-state index contributed by atoms with van der Waals surface area (Å²) in [4.78, 5) is 0. The van der Waals surface area contributed by atoms with Gasteiger partial charge >= 0.3 is 6.18 Å². The molecule has 0 unspecified atom stereocenters. The topological polar surface area (TPSA) is 32.3 Å². The minimum atomic E-state index is -4.15. The van der Waals surface area contributed by atoms with Crippen LogP contribution in [-0.2, 0) is 6.54 Å². The van der Waals surface area contributed by atoms with Gasteiger partial charge < -0.3 is 10.4 Å². The molecule has 17 heavy (non-hydrogen) atoms. The first-order valence-corrected chi connectivity index (χ1v) is 5.13. The Morgan fingerprint density at radius 2 is 1.94 bits per heavy atom. The summed E-state index contributed by atoms with van der Waals surface area (Å²) in [5, 5.41) is 12.0. The van der Waals surface area contributed by atoms with E-state index in [1.807, 2.05) is 0 Å². The molecule has 1 rings (SSSR count). The Morgan fingerprint density at radius 3 is 2.59 bits per heavy atom. The van der Waals surface area contributed by atoms with E-state index in [2.05, 4.69) is 5.32 Å². The Morgan fingerprint density at radius 1 is 1.24 bits per heavy atom. The van der Waals surface area contributed by atoms with Gasteiger partial charge in [0.05, 0.1) is 0 Å². The van der Waals surface area contributed by atoms with E-state index in [0.717, 1.165) is 12.1 Å². The predicted octanol–water partition coefficient (Wildman–Crippen LogP) is 2.96. The Balaban J connectivity index is 2.29. The van der Waals surface area contributed by atoms with Crippen LogP contribution < -0.4 is 5.32 Å². The first kappa shape index (κ1) is 13.8. The van der Waals surface area contributed by atoms with Crippen LogP contribution in [0, 0.1) is 5.82 Å². The van der Waals surface area contributed by atoms with Crippen molar-refractivity contribution in [1.82, 2.24) is 5.32 Å². The molecule has 0 aromatic heterocycles. The molecule has 0 aliphatic heterocycles. The van der Waals surface area contributed by atoms with E-state index in [9.17, 15) is 22.7 Å². The molecular formula is C11H13F4NO. The van der Waals surface area contributed by atoms with Crippen LogP contribution in [0.25, 0.3) is 0 Å². The van der Waals surface area contributed by atoms with Crippen molar-refractivity contribution in [2.24, 2.45) is 0 Å². The van der Waals surface area contributed by atoms with Crippen LogP contribution in [-0.4, -0.2) is 17.8 Å². The quantitative estimate of drug-likeness (QED) is 0.623. The van der Waals surface area contributed by atoms with Crippen molar-refractivity contribution in [3.8, 4) is 5.75 Å². The largest absolute Gasteiger partial charge is 0.508 e. The molecular weight excluding hydrogens is 238 g/mol. The summed E-state index contributed by atoms with van der Waals surface area (Å²) in [5.74, 6) is -0.565. The van der Waals surface area contributed by atoms with Gasteiger partial charge in [0.2, 0.25) is 0 Å². The van der Waals surface area contributed by atoms with Gasteiger partial charge in [-0.15, -0.1) is 0 Å². The highest BCUT2D eigenvalue weighted by atomic mass is 19.4. The first-order chi connectivity index (χ1) is 7.88. The second-order valence-corrected chi connectivity index (χ2v) is 3.67. The smallest absolute Gasteiger partial charge is 0.389 e. The summed E-state index contributed by atoms with van der Waals surface area (Å²) in [6.45, 7) is 0.302. The summed E-state index contributed by atoms with van der Waals surface area (Å²) < 4.78 is 48.2. The minimum Gasteiger partial charge on any atom is -0.508 e. The van der Waals surface area contributed by atoms with Gasteiger partial charge in [-0.1, -0.05) is 0 Å². The normalized spacial score (nSPS) is 11.8. The van der Waals surface area contributed by atoms with Gasteiger partial charge in [-0.3, -0.25) is 0 Å². The average Bonchev–Trinajstić information content (AvgIpc) is 2.21. The maximum atomic E-state index is 12.8. The first-order valence-electron chi connectivity index (χ1n) is 5.13. The van der Waals surface area contributed by atoms with Crippen LogP contribution in [0.5, 0.6) is 5.75 Å². The fourth-order valence-corrected chi connectivity index (χ4v) is 1.33. The molecule has 0 atom stereocenters. The molecule has 2 N–H and O–H groups in total. The summed E-state index contributed by atoms with van der Waals surface area (Å²) in [7, 11) is 0. The molecule has 2 nitrogen and oxygen atoms in total. The summed E-state index contributed by atoms with van der Waals surface area (Å²) >= 11 is 0. The molecule has 1 aromatic rings. The molecule has 0 bridgehead atoms. The maximum absolute atomic E-state index is 12.8. The third-order valence-corrected chi connectivity index (χ3v) is 2.17. The number of benzene rings is 1. The molecule has 0 fully saturated rings. The molecule has 0 saturated heterocycles. The van der Waals surface area contributed by atoms with E-state index in [4.69, 9.17) is 0 Å². The molecule has 6 heteroatoms. The van der Waals surface area contributed by atoms with Crippen LogP contribution in [0.1, 0.15) is 18.4 Å². The number of alkyl halides is 3. The zero-order valence-corrected chi connectivity index (χ0v) is 9.02. The monoisotopic (exact) mass is 251 g/mol. The Bertz CT molecular complexity index is 365. The van der Waals surface area contributed by atoms with Crippen molar-refractivity contribution in [2.45, 2.75) is 25.6 Å². The van der Waals surface area contributed by atoms with Crippen molar-refractivity contribution in [1.29, 1.82) is 0 Å². The van der Waals surface area contributed by atoms with Gasteiger partial charge in [0.15, 0.2) is 0 Å². The van der Waals surface area contributed by atoms with Gasteiger partial charge in [-0.05, 0) is 31.2 Å². The zero-order valence-electron chi connectivity index (χ0n) is 9.02. The van der Waals surface area contributed by atoms with Crippen molar-refractivity contribution in [3.63, 3.8) is 0 Å². The highest BCUT2D eigenvalue weighted by molar-refractivity contribution is 5.32. The molecule has 0 aliphatic carbocycles. The van der Waals surface area contributed by atoms with E-state index >= 15 is 0 Å². The van der Waals surface area contributed by atoms with Gasteiger partial charge in [0.1, 0.15) is 11.6 Å². The molecule has 0 aliphatic rings. The Kier molecular flexibility index (Phi) is 4.74. The number of phenolic OH excluding ortho intramolecular Hbond substituents is 1. The zero-order chi connectivity index (χ0) is 12.9. The van der Waals surface area contributed by atoms with Crippen LogP contribution in [0.3, 0.4) is 0 Å². The fourth-order valence-electron chi connectivity index (χ4n) is 1.33. The summed E-state index contributed by atoms with van der Waals surface area (Å²) in [6, 6.07) is 3.47. The summed E-state index contributed by atoms with van der Waals surface area (Å²) in [5.41, 5.74) is 0.331. The molecule has 1 aromatic carbocycles. The lowest BCUT2D eigenvalue weighted by molar-refractivity contribution is -0.135. The van der Waals surface area contributed by atoms with Crippen molar-refractivity contribution in [3.05, 3.63) is 29.6 Å². The third kappa shape index (κ3) is 5.53. The van der Waals surface area contributed by atoms with Crippen molar-refractivity contribution in [2.75, 3.05) is 6.54 Å². The summed E-state index contributed by atoms with van der Waals surface area (Å²) in [6.07, 6.45) is -5.04. The van der Waals surface area contributed by atoms with Gasteiger partial charge in [0, 0.05) is 18.5 Å². The number of hydrogen-bond acceptors (Lipinski definition) is 2. The number of phenols is 1. The van der Waals surface area contributed by atoms with Crippen LogP contribution in [0.15, 0.2) is 18.2 Å². The Labute approximate surface area is 96.3 Å². The number of halogens is 4. The number of hydrogen-bond donors (Lipinski definition) is 2. The second-order valence-electron chi connectivity index (χ2n) is 3.67. The SMILES string of the molecule is Oc1ccc(F)cc1CNCCCC(F)(F)F. The third-order valence-electron chi connectivity index (χ3n) is 2.17. The van der Waals surface area contributed by atoms with Crippen LogP contribution in [0.4, 0.5) is 17.6 Å². The standard InChI is InChI=1S/C11H13F4NO/c12-9-2-3-10(17)8(6-9)7-16-5-1-4-11(13,14)15/h2-3,6,16-17H,1,4-5,7H2.